The molecular formula is C19H16N4O2S. The third-order valence-corrected chi connectivity index (χ3v) is 4.99. The first-order chi connectivity index (χ1) is 12.8. The number of benzene rings is 1. The third-order valence-electron chi connectivity index (χ3n) is 4.67. The van der Waals surface area contributed by atoms with E-state index in [1.54, 1.807) is 6.20 Å². The van der Waals surface area contributed by atoms with E-state index in [0.717, 1.165) is 28.6 Å². The van der Waals surface area contributed by atoms with Crippen molar-refractivity contribution in [3.63, 3.8) is 0 Å². The standard InChI is InChI=1S/C19H16N4O2S/c26-19-22-17(13-4-1-2-8-20-13)18(14-5-3-9-21-14)23(19)12-6-7-15-16(10-12)25-11-24-15/h1-10,17-18,21H,11H2,(H,22,26)/t17-,18+/m1/s1. The van der Waals surface area contributed by atoms with E-state index in [1.807, 2.05) is 48.7 Å². The molecule has 1 saturated heterocycles. The molecule has 3 aromatic rings. The second-order valence-electron chi connectivity index (χ2n) is 6.16. The van der Waals surface area contributed by atoms with Gasteiger partial charge in [-0.15, -0.1) is 0 Å². The number of H-pyrrole nitrogens is 1. The van der Waals surface area contributed by atoms with Crippen molar-refractivity contribution in [3.8, 4) is 11.5 Å². The largest absolute Gasteiger partial charge is 0.454 e. The summed E-state index contributed by atoms with van der Waals surface area (Å²) in [7, 11) is 0. The summed E-state index contributed by atoms with van der Waals surface area (Å²) in [6.45, 7) is 0.248. The van der Waals surface area contributed by atoms with Gasteiger partial charge in [0.05, 0.1) is 11.7 Å². The molecule has 2 atom stereocenters. The number of fused-ring (bicyclic) bond motifs is 1. The third kappa shape index (κ3) is 2.40. The number of aromatic nitrogens is 2. The molecule has 0 bridgehead atoms. The molecule has 1 fully saturated rings. The molecule has 6 nitrogen and oxygen atoms in total. The number of nitrogens with zero attached hydrogens (tertiary/aromatic N) is 2. The molecule has 0 aliphatic carbocycles. The summed E-state index contributed by atoms with van der Waals surface area (Å²) in [5, 5.41) is 4.08. The van der Waals surface area contributed by atoms with Crippen LogP contribution in [0.3, 0.4) is 0 Å². The molecule has 130 valence electrons. The summed E-state index contributed by atoms with van der Waals surface area (Å²) in [6.07, 6.45) is 3.72. The molecular weight excluding hydrogens is 348 g/mol. The molecule has 26 heavy (non-hydrogen) atoms. The van der Waals surface area contributed by atoms with Gasteiger partial charge >= 0.3 is 0 Å². The molecule has 2 aliphatic heterocycles. The van der Waals surface area contributed by atoms with Crippen LogP contribution < -0.4 is 19.7 Å². The van der Waals surface area contributed by atoms with Crippen LogP contribution in [0, 0.1) is 0 Å². The van der Waals surface area contributed by atoms with Crippen molar-refractivity contribution >= 4 is 23.0 Å². The molecule has 7 heteroatoms. The Morgan fingerprint density at radius 3 is 2.81 bits per heavy atom. The predicted molar refractivity (Wildman–Crippen MR) is 101 cm³/mol. The minimum Gasteiger partial charge on any atom is -0.454 e. The summed E-state index contributed by atoms with van der Waals surface area (Å²) in [6, 6.07) is 15.7. The van der Waals surface area contributed by atoms with Gasteiger partial charge in [0, 0.05) is 29.8 Å². The van der Waals surface area contributed by atoms with Gasteiger partial charge in [-0.3, -0.25) is 4.98 Å². The van der Waals surface area contributed by atoms with Crippen LogP contribution in [-0.4, -0.2) is 21.9 Å². The fraction of sp³-hybridized carbons (Fsp3) is 0.158. The van der Waals surface area contributed by atoms with Gasteiger partial charge in [0.2, 0.25) is 6.79 Å². The Kier molecular flexibility index (Phi) is 3.53. The number of aromatic amines is 1. The molecule has 0 spiro atoms. The van der Waals surface area contributed by atoms with Crippen molar-refractivity contribution in [1.82, 2.24) is 15.3 Å². The van der Waals surface area contributed by atoms with Crippen molar-refractivity contribution in [3.05, 3.63) is 72.3 Å². The van der Waals surface area contributed by atoms with Gasteiger partial charge in [0.1, 0.15) is 6.04 Å². The Hall–Kier alpha value is -3.06. The Labute approximate surface area is 155 Å². The summed E-state index contributed by atoms with van der Waals surface area (Å²) < 4.78 is 11.0. The van der Waals surface area contributed by atoms with Crippen molar-refractivity contribution in [2.24, 2.45) is 0 Å². The maximum absolute atomic E-state index is 5.68. The van der Waals surface area contributed by atoms with Crippen LogP contribution in [0.25, 0.3) is 0 Å². The van der Waals surface area contributed by atoms with Crippen molar-refractivity contribution in [2.45, 2.75) is 12.1 Å². The average molecular weight is 364 g/mol. The molecule has 0 radical (unpaired) electrons. The van der Waals surface area contributed by atoms with Crippen LogP contribution in [0.5, 0.6) is 11.5 Å². The lowest BCUT2D eigenvalue weighted by Gasteiger charge is -2.27. The lowest BCUT2D eigenvalue weighted by molar-refractivity contribution is 0.174. The highest BCUT2D eigenvalue weighted by Gasteiger charge is 2.41. The number of rotatable bonds is 3. The monoisotopic (exact) mass is 364 g/mol. The second kappa shape index (κ2) is 6.03. The predicted octanol–water partition coefficient (Wildman–Crippen LogP) is 3.32. The maximum Gasteiger partial charge on any atom is 0.231 e. The highest BCUT2D eigenvalue weighted by molar-refractivity contribution is 7.80. The fourth-order valence-corrected chi connectivity index (χ4v) is 3.86. The van der Waals surface area contributed by atoms with Gasteiger partial charge in [-0.2, -0.15) is 0 Å². The molecule has 5 rings (SSSR count). The van der Waals surface area contributed by atoms with Gasteiger partial charge in [-0.1, -0.05) is 6.07 Å². The van der Waals surface area contributed by atoms with Crippen molar-refractivity contribution in [2.75, 3.05) is 11.7 Å². The maximum atomic E-state index is 5.68. The highest BCUT2D eigenvalue weighted by Crippen LogP contribution is 2.43. The minimum absolute atomic E-state index is 0.0484. The molecule has 2 aromatic heterocycles. The highest BCUT2D eigenvalue weighted by atomic mass is 32.1. The van der Waals surface area contributed by atoms with Gasteiger partial charge in [0.25, 0.3) is 0 Å². The summed E-state index contributed by atoms with van der Waals surface area (Å²) in [4.78, 5) is 9.96. The van der Waals surface area contributed by atoms with E-state index in [2.05, 4.69) is 26.3 Å². The fourth-order valence-electron chi connectivity index (χ4n) is 3.51. The molecule has 2 N–H and O–H groups in total. The van der Waals surface area contributed by atoms with E-state index in [0.29, 0.717) is 5.11 Å². The van der Waals surface area contributed by atoms with E-state index >= 15 is 0 Å². The summed E-state index contributed by atoms with van der Waals surface area (Å²) in [5.74, 6) is 1.49. The number of nitrogens with one attached hydrogen (secondary N) is 2. The van der Waals surface area contributed by atoms with E-state index in [-0.39, 0.29) is 18.9 Å². The number of hydrogen-bond donors (Lipinski definition) is 2. The van der Waals surface area contributed by atoms with Gasteiger partial charge in [-0.25, -0.2) is 0 Å². The van der Waals surface area contributed by atoms with E-state index in [1.165, 1.54) is 0 Å². The quantitative estimate of drug-likeness (QED) is 0.695. The Morgan fingerprint density at radius 1 is 1.08 bits per heavy atom. The first kappa shape index (κ1) is 15.2. The van der Waals surface area contributed by atoms with Crippen molar-refractivity contribution in [1.29, 1.82) is 0 Å². The molecule has 4 heterocycles. The topological polar surface area (TPSA) is 62.4 Å². The number of hydrogen-bond acceptors (Lipinski definition) is 4. The van der Waals surface area contributed by atoms with Gasteiger partial charge < -0.3 is 24.7 Å². The molecule has 0 saturated carbocycles. The number of pyridine rings is 1. The molecule has 1 aromatic carbocycles. The molecule has 0 unspecified atom stereocenters. The van der Waals surface area contributed by atoms with Gasteiger partial charge in [0.15, 0.2) is 16.6 Å². The first-order valence-electron chi connectivity index (χ1n) is 8.35. The summed E-state index contributed by atoms with van der Waals surface area (Å²) in [5.41, 5.74) is 2.95. The van der Waals surface area contributed by atoms with Crippen molar-refractivity contribution < 1.29 is 9.47 Å². The van der Waals surface area contributed by atoms with Crippen LogP contribution in [0.4, 0.5) is 5.69 Å². The zero-order valence-electron chi connectivity index (χ0n) is 13.8. The Morgan fingerprint density at radius 2 is 2.00 bits per heavy atom. The zero-order valence-corrected chi connectivity index (χ0v) is 14.6. The van der Waals surface area contributed by atoms with Crippen LogP contribution in [0.15, 0.2) is 60.9 Å². The zero-order chi connectivity index (χ0) is 17.5. The number of anilines is 1. The first-order valence-corrected chi connectivity index (χ1v) is 8.76. The number of thiocarbonyl (C=S) groups is 1. The Bertz CT molecular complexity index is 945. The molecule has 0 amide bonds. The molecule has 2 aliphatic rings. The van der Waals surface area contributed by atoms with E-state index < -0.39 is 0 Å². The van der Waals surface area contributed by atoms with Crippen LogP contribution in [0.1, 0.15) is 23.5 Å². The smallest absolute Gasteiger partial charge is 0.231 e. The van der Waals surface area contributed by atoms with Crippen LogP contribution in [-0.2, 0) is 0 Å². The SMILES string of the molecule is S=C1N[C@H](c2ccccn2)[C@H](c2ccc[nH]2)N1c1ccc2c(c1)OCO2. The summed E-state index contributed by atoms with van der Waals surface area (Å²) >= 11 is 5.68. The average Bonchev–Trinajstić information content (AvgIpc) is 3.41. The van der Waals surface area contributed by atoms with E-state index in [9.17, 15) is 0 Å². The van der Waals surface area contributed by atoms with Crippen LogP contribution in [0.2, 0.25) is 0 Å². The van der Waals surface area contributed by atoms with Gasteiger partial charge in [-0.05, 0) is 48.6 Å². The van der Waals surface area contributed by atoms with Crippen LogP contribution >= 0.6 is 12.2 Å². The minimum atomic E-state index is -0.0622. The second-order valence-corrected chi connectivity index (χ2v) is 6.55. The normalized spacial score (nSPS) is 21.1. The Balaban J connectivity index is 1.60. The van der Waals surface area contributed by atoms with E-state index in [4.69, 9.17) is 21.7 Å². The lowest BCUT2D eigenvalue weighted by Crippen LogP contribution is -2.29. The number of ether oxygens (including phenoxy) is 2. The lowest BCUT2D eigenvalue weighted by atomic mass is 10.0.